The van der Waals surface area contributed by atoms with E-state index in [2.05, 4.69) is 15.6 Å². The predicted molar refractivity (Wildman–Crippen MR) is 181 cm³/mol. The molecule has 0 saturated heterocycles. The normalized spacial score (nSPS) is 14.2. The number of Topliss-reactive ketones (excluding diaryl/α,β-unsaturated/α-hetero) is 2. The van der Waals surface area contributed by atoms with Crippen molar-refractivity contribution < 1.29 is 47.7 Å². The summed E-state index contributed by atoms with van der Waals surface area (Å²) in [5.74, 6) is -4.27. The van der Waals surface area contributed by atoms with Crippen LogP contribution in [0.4, 0.5) is 0 Å². The van der Waals surface area contributed by atoms with Crippen LogP contribution in [-0.2, 0) is 49.3 Å². The molecule has 0 aliphatic carbocycles. The summed E-state index contributed by atoms with van der Waals surface area (Å²) in [6.45, 7) is 4.26. The number of benzene rings is 1. The van der Waals surface area contributed by atoms with Crippen LogP contribution in [0, 0.1) is 12.8 Å². The monoisotopic (exact) mass is 787 g/mol. The van der Waals surface area contributed by atoms with E-state index < -0.39 is 58.9 Å². The van der Waals surface area contributed by atoms with E-state index in [0.717, 1.165) is 5.56 Å². The molecule has 2 amide bonds. The van der Waals surface area contributed by atoms with E-state index in [1.807, 2.05) is 28.7 Å². The molecule has 4 atom stereocenters. The summed E-state index contributed by atoms with van der Waals surface area (Å²) in [5, 5.41) is 6.12. The summed E-state index contributed by atoms with van der Waals surface area (Å²) in [6.07, 6.45) is 1.32. The summed E-state index contributed by atoms with van der Waals surface area (Å²) >= 11 is 3.12. The first kappa shape index (κ1) is 39.9. The lowest BCUT2D eigenvalue weighted by molar-refractivity contribution is -0.164. The summed E-state index contributed by atoms with van der Waals surface area (Å²) in [7, 11) is 2.77. The Balaban J connectivity index is 2.24. The van der Waals surface area contributed by atoms with Gasteiger partial charge in [0.1, 0.15) is 10.9 Å². The van der Waals surface area contributed by atoms with Gasteiger partial charge in [-0.15, -0.1) is 11.3 Å². The van der Waals surface area contributed by atoms with Crippen LogP contribution in [-0.4, -0.2) is 96.5 Å². The number of hydrogen-bond acceptors (Lipinski definition) is 12. The van der Waals surface area contributed by atoms with Gasteiger partial charge >= 0.3 is 11.9 Å². The number of thiazole rings is 1. The second-order valence-corrected chi connectivity index (χ2v) is 12.9. The predicted octanol–water partition coefficient (Wildman–Crippen LogP) is 2.79. The molecule has 2 aromatic rings. The lowest BCUT2D eigenvalue weighted by Gasteiger charge is -2.31. The van der Waals surface area contributed by atoms with Gasteiger partial charge in [0.05, 0.1) is 43.0 Å². The van der Waals surface area contributed by atoms with Crippen molar-refractivity contribution in [3.05, 3.63) is 52.0 Å². The maximum absolute atomic E-state index is 14.0. The van der Waals surface area contributed by atoms with Crippen LogP contribution in [0.15, 0.2) is 36.5 Å². The summed E-state index contributed by atoms with van der Waals surface area (Å²) in [6, 6.07) is 6.83. The topological polar surface area (TPSA) is 176 Å². The van der Waals surface area contributed by atoms with Gasteiger partial charge in [-0.25, -0.2) is 4.98 Å². The maximum Gasteiger partial charge on any atom is 0.306 e. The first-order valence-electron chi connectivity index (χ1n) is 14.9. The number of rotatable bonds is 21. The average molecular weight is 788 g/mol. The summed E-state index contributed by atoms with van der Waals surface area (Å²) in [4.78, 5) is 81.9. The van der Waals surface area contributed by atoms with Gasteiger partial charge in [0, 0.05) is 38.4 Å². The molecular formula is C32H42IN3O10S. The minimum absolute atomic E-state index is 0.0332. The van der Waals surface area contributed by atoms with Crippen molar-refractivity contribution in [2.45, 2.75) is 64.1 Å². The van der Waals surface area contributed by atoms with Gasteiger partial charge in [-0.3, -0.25) is 28.8 Å². The van der Waals surface area contributed by atoms with Crippen LogP contribution < -0.4 is 10.6 Å². The number of ether oxygens (including phenoxy) is 4. The van der Waals surface area contributed by atoms with Crippen molar-refractivity contribution in [1.29, 1.82) is 0 Å². The van der Waals surface area contributed by atoms with Crippen LogP contribution in [0.3, 0.4) is 0 Å². The molecule has 0 radical (unpaired) electrons. The Kier molecular flexibility index (Phi) is 17.1. The van der Waals surface area contributed by atoms with Gasteiger partial charge in [0.15, 0.2) is 17.2 Å². The quantitative estimate of drug-likeness (QED) is 0.0824. The largest absolute Gasteiger partial charge is 0.466 e. The minimum atomic E-state index is -1.60. The number of hydrogen-bond donors (Lipinski definition) is 2. The molecule has 2 N–H and O–H groups in total. The molecule has 0 saturated carbocycles. The zero-order valence-electron chi connectivity index (χ0n) is 27.2. The van der Waals surface area contributed by atoms with Crippen molar-refractivity contribution in [2.75, 3.05) is 38.5 Å². The van der Waals surface area contributed by atoms with Gasteiger partial charge in [0.2, 0.25) is 5.91 Å². The zero-order chi connectivity index (χ0) is 35.0. The first-order chi connectivity index (χ1) is 22.3. The molecule has 2 rings (SSSR count). The number of ketones is 2. The molecule has 1 aromatic carbocycles. The number of nitrogens with zero attached hydrogens (tertiary/aromatic N) is 1. The maximum atomic E-state index is 14.0. The number of nitrogens with one attached hydrogen (secondary N) is 2. The molecular weight excluding hydrogens is 745 g/mol. The highest BCUT2D eigenvalue weighted by Gasteiger charge is 2.42. The molecule has 1 aromatic heterocycles. The number of amides is 2. The molecule has 0 bridgehead atoms. The van der Waals surface area contributed by atoms with E-state index in [4.69, 9.17) is 18.9 Å². The number of carbonyl (C=O) groups excluding carboxylic acids is 6. The fourth-order valence-corrected chi connectivity index (χ4v) is 5.70. The molecule has 0 aliphatic heterocycles. The SMILES string of the molecule is COC[C@H](CC(=O)[C@H](COC)NC(=O)c1cnc(C)s1)C(=O)N[C@@H](Cc1ccccc1)C(=O)[C@@](C)(CI)OC(=O)CCCOC(C)=O. The molecule has 258 valence electrons. The van der Waals surface area contributed by atoms with Crippen molar-refractivity contribution in [1.82, 2.24) is 15.6 Å². The molecule has 1 heterocycles. The molecule has 0 fully saturated rings. The number of esters is 2. The second-order valence-electron chi connectivity index (χ2n) is 10.9. The van der Waals surface area contributed by atoms with Gasteiger partial charge in [-0.05, 0) is 32.3 Å². The highest BCUT2D eigenvalue weighted by atomic mass is 127. The van der Waals surface area contributed by atoms with E-state index in [-0.39, 0.29) is 49.9 Å². The van der Waals surface area contributed by atoms with Crippen molar-refractivity contribution in [3.8, 4) is 0 Å². The minimum Gasteiger partial charge on any atom is -0.466 e. The Morgan fingerprint density at radius 3 is 2.26 bits per heavy atom. The number of aryl methyl sites for hydroxylation is 1. The molecule has 0 unspecified atom stereocenters. The highest BCUT2D eigenvalue weighted by Crippen LogP contribution is 2.22. The summed E-state index contributed by atoms with van der Waals surface area (Å²) < 4.78 is 21.0. The second kappa shape index (κ2) is 20.2. The lowest BCUT2D eigenvalue weighted by atomic mass is 9.91. The zero-order valence-corrected chi connectivity index (χ0v) is 30.1. The van der Waals surface area contributed by atoms with E-state index in [9.17, 15) is 28.8 Å². The fourth-order valence-electron chi connectivity index (χ4n) is 4.49. The number of aromatic nitrogens is 1. The molecule has 47 heavy (non-hydrogen) atoms. The number of methoxy groups -OCH3 is 2. The van der Waals surface area contributed by atoms with Crippen LogP contribution >= 0.6 is 33.9 Å². The number of carbonyl (C=O) groups is 6. The number of halogens is 1. The molecule has 13 nitrogen and oxygen atoms in total. The van der Waals surface area contributed by atoms with E-state index >= 15 is 0 Å². The third-order valence-corrected chi connectivity index (χ3v) is 9.29. The molecule has 0 aliphatic rings. The Bertz CT molecular complexity index is 1370. The average Bonchev–Trinajstić information content (AvgIpc) is 3.48. The smallest absolute Gasteiger partial charge is 0.306 e. The third-order valence-electron chi connectivity index (χ3n) is 6.92. The van der Waals surface area contributed by atoms with Gasteiger partial charge in [0.25, 0.3) is 5.91 Å². The lowest BCUT2D eigenvalue weighted by Crippen LogP contribution is -2.55. The highest BCUT2D eigenvalue weighted by molar-refractivity contribution is 14.1. The van der Waals surface area contributed by atoms with Gasteiger partial charge in [-0.2, -0.15) is 0 Å². The molecule has 0 spiro atoms. The Morgan fingerprint density at radius 1 is 1.00 bits per heavy atom. The van der Waals surface area contributed by atoms with Crippen molar-refractivity contribution in [2.24, 2.45) is 5.92 Å². The first-order valence-corrected chi connectivity index (χ1v) is 17.2. The van der Waals surface area contributed by atoms with Crippen LogP contribution in [0.25, 0.3) is 0 Å². The van der Waals surface area contributed by atoms with Crippen LogP contribution in [0.5, 0.6) is 0 Å². The van der Waals surface area contributed by atoms with Crippen LogP contribution in [0.2, 0.25) is 0 Å². The Labute approximate surface area is 292 Å². The van der Waals surface area contributed by atoms with Gasteiger partial charge < -0.3 is 29.6 Å². The van der Waals surface area contributed by atoms with Crippen LogP contribution in [0.1, 0.15) is 53.4 Å². The fraction of sp³-hybridized carbons (Fsp3) is 0.531. The number of alkyl halides is 1. The van der Waals surface area contributed by atoms with Gasteiger partial charge in [-0.1, -0.05) is 52.9 Å². The van der Waals surface area contributed by atoms with Crippen molar-refractivity contribution in [3.63, 3.8) is 0 Å². The summed E-state index contributed by atoms with van der Waals surface area (Å²) in [5.41, 5.74) is -0.850. The standard InChI is InChI=1S/C32H42IN3O10S/c1-20-34-16-27(47-20)31(42)36-25(18-44-5)26(38)15-23(17-43-4)30(41)35-24(14-22-10-7-6-8-11-22)29(40)32(3,19-33)46-28(39)12-9-13-45-21(2)37/h6-8,10-11,16,23-25H,9,12-15,17-19H2,1-5H3,(H,35,41)(H,36,42)/t23-,24-,25-,32+/m0/s1. The Morgan fingerprint density at radius 2 is 1.68 bits per heavy atom. The van der Waals surface area contributed by atoms with E-state index in [0.29, 0.717) is 9.88 Å². The Hall–Kier alpha value is -3.28. The van der Waals surface area contributed by atoms with E-state index in [1.54, 1.807) is 31.2 Å². The molecule has 15 heteroatoms. The third kappa shape index (κ3) is 13.4. The van der Waals surface area contributed by atoms with E-state index in [1.165, 1.54) is 45.6 Å². The van der Waals surface area contributed by atoms with Crippen molar-refractivity contribution >= 4 is 69.2 Å².